The first-order valence-corrected chi connectivity index (χ1v) is 9.24. The molecule has 2 heterocycles. The number of anilines is 2. The molecule has 0 unspecified atom stereocenters. The number of hydrogen-bond donors (Lipinski definition) is 1. The van der Waals surface area contributed by atoms with Crippen molar-refractivity contribution < 1.29 is 4.92 Å². The minimum atomic E-state index is -0.425. The summed E-state index contributed by atoms with van der Waals surface area (Å²) in [6.07, 6.45) is 1.49. The van der Waals surface area contributed by atoms with Gasteiger partial charge in [0.2, 0.25) is 0 Å². The van der Waals surface area contributed by atoms with E-state index in [2.05, 4.69) is 31.2 Å². The number of non-ortho nitro benzene ring substituents is 1. The van der Waals surface area contributed by atoms with Crippen molar-refractivity contribution in [1.82, 2.24) is 9.97 Å². The van der Waals surface area contributed by atoms with Gasteiger partial charge in [-0.1, -0.05) is 30.3 Å². The van der Waals surface area contributed by atoms with Crippen LogP contribution in [0.3, 0.4) is 0 Å². The van der Waals surface area contributed by atoms with Crippen molar-refractivity contribution >= 4 is 54.7 Å². The van der Waals surface area contributed by atoms with E-state index in [9.17, 15) is 10.1 Å². The Balaban J connectivity index is 1.77. The quantitative estimate of drug-likeness (QED) is 0.330. The highest BCUT2D eigenvalue weighted by Crippen LogP contribution is 2.37. The van der Waals surface area contributed by atoms with Gasteiger partial charge in [-0.05, 0) is 33.6 Å². The van der Waals surface area contributed by atoms with Crippen molar-refractivity contribution in [1.29, 1.82) is 0 Å². The topological polar surface area (TPSA) is 81.0 Å². The Kier molecular flexibility index (Phi) is 4.36. The Hall–Kier alpha value is -2.84. The van der Waals surface area contributed by atoms with Crippen LogP contribution < -0.4 is 5.32 Å². The summed E-state index contributed by atoms with van der Waals surface area (Å²) in [5.41, 5.74) is 1.70. The van der Waals surface area contributed by atoms with E-state index in [1.807, 2.05) is 36.4 Å². The van der Waals surface area contributed by atoms with Crippen LogP contribution in [0.25, 0.3) is 20.7 Å². The Labute approximate surface area is 160 Å². The highest BCUT2D eigenvalue weighted by Gasteiger charge is 2.14. The number of aromatic nitrogens is 2. The second kappa shape index (κ2) is 6.81. The highest BCUT2D eigenvalue weighted by atomic mass is 79.9. The Morgan fingerprint density at radius 3 is 2.65 bits per heavy atom. The predicted molar refractivity (Wildman–Crippen MR) is 107 cm³/mol. The zero-order chi connectivity index (χ0) is 18.1. The average Bonchev–Trinajstić information content (AvgIpc) is 3.09. The van der Waals surface area contributed by atoms with Gasteiger partial charge < -0.3 is 5.32 Å². The molecule has 0 spiro atoms. The number of halogens is 1. The first-order valence-electron chi connectivity index (χ1n) is 7.63. The summed E-state index contributed by atoms with van der Waals surface area (Å²) in [5, 5.41) is 15.1. The fraction of sp³-hybridized carbons (Fsp3) is 0. The van der Waals surface area contributed by atoms with E-state index in [1.165, 1.54) is 18.5 Å². The molecule has 1 N–H and O–H groups in total. The lowest BCUT2D eigenvalue weighted by molar-refractivity contribution is -0.384. The first-order chi connectivity index (χ1) is 12.6. The molecule has 0 saturated carbocycles. The van der Waals surface area contributed by atoms with Gasteiger partial charge in [0.25, 0.3) is 5.69 Å². The number of nitrogens with one attached hydrogen (secondary N) is 1. The van der Waals surface area contributed by atoms with E-state index in [0.717, 1.165) is 20.7 Å². The van der Waals surface area contributed by atoms with Gasteiger partial charge >= 0.3 is 0 Å². The lowest BCUT2D eigenvalue weighted by Crippen LogP contribution is -1.97. The molecule has 0 fully saturated rings. The molecule has 4 rings (SSSR count). The highest BCUT2D eigenvalue weighted by molar-refractivity contribution is 9.10. The SMILES string of the molecule is O=[N+]([O-])c1ccc(Br)c(Nc2ncnc3sc(-c4ccccc4)cc23)c1. The Bertz CT molecular complexity index is 1110. The lowest BCUT2D eigenvalue weighted by atomic mass is 10.2. The third kappa shape index (κ3) is 3.16. The zero-order valence-electron chi connectivity index (χ0n) is 13.2. The van der Waals surface area contributed by atoms with E-state index >= 15 is 0 Å². The molecule has 26 heavy (non-hydrogen) atoms. The molecule has 0 saturated heterocycles. The molecule has 0 aliphatic rings. The van der Waals surface area contributed by atoms with Gasteiger partial charge in [-0.2, -0.15) is 0 Å². The number of nitro benzene ring substituents is 1. The maximum Gasteiger partial charge on any atom is 0.271 e. The van der Waals surface area contributed by atoms with Crippen LogP contribution >= 0.6 is 27.3 Å². The van der Waals surface area contributed by atoms with Crippen molar-refractivity contribution in [3.8, 4) is 10.4 Å². The fourth-order valence-corrected chi connectivity index (χ4v) is 3.90. The third-order valence-electron chi connectivity index (χ3n) is 3.80. The van der Waals surface area contributed by atoms with Crippen LogP contribution in [0.4, 0.5) is 17.2 Å². The second-order valence-electron chi connectivity index (χ2n) is 5.46. The maximum absolute atomic E-state index is 11.0. The summed E-state index contributed by atoms with van der Waals surface area (Å²) < 4.78 is 0.716. The number of hydrogen-bond acceptors (Lipinski definition) is 6. The molecule has 0 aliphatic carbocycles. The monoisotopic (exact) mass is 426 g/mol. The van der Waals surface area contributed by atoms with Crippen LogP contribution in [0.5, 0.6) is 0 Å². The van der Waals surface area contributed by atoms with Crippen LogP contribution in [-0.2, 0) is 0 Å². The molecule has 2 aromatic heterocycles. The van der Waals surface area contributed by atoms with Crippen LogP contribution in [0.15, 0.2) is 65.4 Å². The molecule has 8 heteroatoms. The van der Waals surface area contributed by atoms with Gasteiger partial charge in [0.15, 0.2) is 0 Å². The van der Waals surface area contributed by atoms with E-state index in [0.29, 0.717) is 16.0 Å². The summed E-state index contributed by atoms with van der Waals surface area (Å²) in [6, 6.07) is 16.6. The molecule has 0 bridgehead atoms. The lowest BCUT2D eigenvalue weighted by Gasteiger charge is -2.08. The Morgan fingerprint density at radius 2 is 1.88 bits per heavy atom. The fourth-order valence-electron chi connectivity index (χ4n) is 2.55. The first kappa shape index (κ1) is 16.6. The minimum absolute atomic E-state index is 0.0105. The van der Waals surface area contributed by atoms with Crippen molar-refractivity contribution in [2.45, 2.75) is 0 Å². The number of fused-ring (bicyclic) bond motifs is 1. The standard InChI is InChI=1S/C18H11BrN4O2S/c19-14-7-6-12(23(24)25)8-15(14)22-17-13-9-16(11-4-2-1-3-5-11)26-18(13)21-10-20-17/h1-10H,(H,20,21,22). The van der Waals surface area contributed by atoms with Gasteiger partial charge in [-0.15, -0.1) is 11.3 Å². The molecule has 128 valence electrons. The summed E-state index contributed by atoms with van der Waals surface area (Å²) in [4.78, 5) is 21.2. The van der Waals surface area contributed by atoms with Crippen LogP contribution in [0.1, 0.15) is 0 Å². The molecule has 2 aromatic carbocycles. The molecule has 0 aliphatic heterocycles. The molecule has 0 atom stereocenters. The van der Waals surface area contributed by atoms with E-state index in [4.69, 9.17) is 0 Å². The minimum Gasteiger partial charge on any atom is -0.338 e. The summed E-state index contributed by atoms with van der Waals surface area (Å²) in [5.74, 6) is 0.606. The molecular formula is C18H11BrN4O2S. The Morgan fingerprint density at radius 1 is 1.08 bits per heavy atom. The molecule has 0 radical (unpaired) electrons. The van der Waals surface area contributed by atoms with Gasteiger partial charge in [-0.3, -0.25) is 10.1 Å². The molecular weight excluding hydrogens is 416 g/mol. The number of rotatable bonds is 4. The van der Waals surface area contributed by atoms with Gasteiger partial charge in [0.1, 0.15) is 17.0 Å². The summed E-state index contributed by atoms with van der Waals surface area (Å²) in [6.45, 7) is 0. The number of thiophene rings is 1. The summed E-state index contributed by atoms with van der Waals surface area (Å²) >= 11 is 4.99. The number of nitrogens with zero attached hydrogens (tertiary/aromatic N) is 3. The number of nitro groups is 1. The van der Waals surface area contributed by atoms with Gasteiger partial charge in [0.05, 0.1) is 16.0 Å². The van der Waals surface area contributed by atoms with Crippen LogP contribution in [0.2, 0.25) is 0 Å². The van der Waals surface area contributed by atoms with E-state index in [1.54, 1.807) is 17.4 Å². The predicted octanol–water partition coefficient (Wildman–Crippen LogP) is 5.77. The second-order valence-corrected chi connectivity index (χ2v) is 7.35. The van der Waals surface area contributed by atoms with Crippen molar-refractivity contribution in [3.63, 3.8) is 0 Å². The molecule has 0 amide bonds. The summed E-state index contributed by atoms with van der Waals surface area (Å²) in [7, 11) is 0. The van der Waals surface area contributed by atoms with Gasteiger partial charge in [0, 0.05) is 21.5 Å². The van der Waals surface area contributed by atoms with Crippen LogP contribution in [-0.4, -0.2) is 14.9 Å². The molecule has 6 nitrogen and oxygen atoms in total. The third-order valence-corrected chi connectivity index (χ3v) is 5.59. The van der Waals surface area contributed by atoms with Gasteiger partial charge in [-0.25, -0.2) is 9.97 Å². The van der Waals surface area contributed by atoms with E-state index in [-0.39, 0.29) is 5.69 Å². The van der Waals surface area contributed by atoms with Crippen LogP contribution in [0, 0.1) is 10.1 Å². The average molecular weight is 427 g/mol. The number of benzene rings is 2. The smallest absolute Gasteiger partial charge is 0.271 e. The largest absolute Gasteiger partial charge is 0.338 e. The molecule has 4 aromatic rings. The van der Waals surface area contributed by atoms with E-state index < -0.39 is 4.92 Å². The van der Waals surface area contributed by atoms with Crippen molar-refractivity contribution in [2.75, 3.05) is 5.32 Å². The van der Waals surface area contributed by atoms with Crippen molar-refractivity contribution in [2.24, 2.45) is 0 Å². The normalized spacial score (nSPS) is 10.8. The van der Waals surface area contributed by atoms with Crippen molar-refractivity contribution in [3.05, 3.63) is 75.5 Å². The zero-order valence-corrected chi connectivity index (χ0v) is 15.6. The maximum atomic E-state index is 11.0.